The minimum atomic E-state index is 1.02. The molecule has 1 aliphatic heterocycles. The zero-order valence-corrected chi connectivity index (χ0v) is 7.51. The van der Waals surface area contributed by atoms with Gasteiger partial charge >= 0.3 is 0 Å². The molecule has 1 fully saturated rings. The first-order chi connectivity index (χ1) is 5.33. The minimum Gasteiger partial charge on any atom is -0.297 e. The van der Waals surface area contributed by atoms with Crippen LogP contribution in [0.1, 0.15) is 13.8 Å². The van der Waals surface area contributed by atoms with Gasteiger partial charge in [0, 0.05) is 32.7 Å². The summed E-state index contributed by atoms with van der Waals surface area (Å²) < 4.78 is 0. The van der Waals surface area contributed by atoms with Gasteiger partial charge in [-0.15, -0.1) is 0 Å². The normalized spacial score (nSPS) is 22.2. The molecule has 0 bridgehead atoms. The third kappa shape index (κ3) is 3.04. The summed E-state index contributed by atoms with van der Waals surface area (Å²) in [5.41, 5.74) is 1.46. The van der Waals surface area contributed by atoms with E-state index in [9.17, 15) is 0 Å². The Bertz CT molecular complexity index is 134. The fraction of sp³-hybridized carbons (Fsp3) is 0.778. The molecule has 0 unspecified atom stereocenters. The van der Waals surface area contributed by atoms with Gasteiger partial charge in [-0.2, -0.15) is 0 Å². The lowest BCUT2D eigenvalue weighted by molar-refractivity contribution is 0.257. The van der Waals surface area contributed by atoms with E-state index in [0.717, 1.165) is 32.7 Å². The van der Waals surface area contributed by atoms with Gasteiger partial charge in [0.05, 0.1) is 0 Å². The second-order valence-corrected chi connectivity index (χ2v) is 3.08. The predicted octanol–water partition coefficient (Wildman–Crippen LogP) is 0.873. The van der Waals surface area contributed by atoms with E-state index < -0.39 is 0 Å². The average Bonchev–Trinajstić information content (AvgIpc) is 2.06. The van der Waals surface area contributed by atoms with Crippen LogP contribution in [-0.4, -0.2) is 37.6 Å². The molecule has 2 nitrogen and oxygen atoms in total. The number of allylic oxidation sites excluding steroid dienone is 1. The molecule has 0 amide bonds. The molecule has 11 heavy (non-hydrogen) atoms. The van der Waals surface area contributed by atoms with Crippen molar-refractivity contribution in [2.75, 3.05) is 32.7 Å². The van der Waals surface area contributed by atoms with Gasteiger partial charge in [0.1, 0.15) is 0 Å². The maximum absolute atomic E-state index is 4.30. The molecule has 1 heterocycles. The van der Waals surface area contributed by atoms with Gasteiger partial charge in [0.25, 0.3) is 0 Å². The molecular formula is C9H17N2. The Hall–Kier alpha value is -0.340. The van der Waals surface area contributed by atoms with Crippen molar-refractivity contribution in [3.8, 4) is 0 Å². The van der Waals surface area contributed by atoms with Crippen LogP contribution >= 0.6 is 0 Å². The van der Waals surface area contributed by atoms with Crippen molar-refractivity contribution in [3.05, 3.63) is 11.6 Å². The molecule has 1 rings (SSSR count). The topological polar surface area (TPSA) is 17.3 Å². The zero-order chi connectivity index (χ0) is 8.10. The number of hydrogen-bond donors (Lipinski definition) is 0. The lowest BCUT2D eigenvalue weighted by atomic mass is 10.2. The Morgan fingerprint density at radius 2 is 2.09 bits per heavy atom. The van der Waals surface area contributed by atoms with E-state index in [1.807, 2.05) is 0 Å². The van der Waals surface area contributed by atoms with Gasteiger partial charge in [0.15, 0.2) is 0 Å². The molecule has 2 heteroatoms. The highest BCUT2D eigenvalue weighted by molar-refractivity contribution is 4.98. The molecule has 1 radical (unpaired) electrons. The van der Waals surface area contributed by atoms with Crippen LogP contribution in [0.5, 0.6) is 0 Å². The van der Waals surface area contributed by atoms with Crippen molar-refractivity contribution in [3.63, 3.8) is 0 Å². The Balaban J connectivity index is 2.24. The van der Waals surface area contributed by atoms with Crippen LogP contribution in [0.3, 0.4) is 0 Å². The van der Waals surface area contributed by atoms with Crippen LogP contribution in [0, 0.1) is 0 Å². The van der Waals surface area contributed by atoms with Crippen LogP contribution in [0.2, 0.25) is 0 Å². The summed E-state index contributed by atoms with van der Waals surface area (Å²) in [6, 6.07) is 0. The molecule has 0 aromatic carbocycles. The number of rotatable bonds is 2. The molecule has 0 aromatic heterocycles. The van der Waals surface area contributed by atoms with E-state index in [0.29, 0.717) is 0 Å². The fourth-order valence-corrected chi connectivity index (χ4v) is 1.25. The highest BCUT2D eigenvalue weighted by Crippen LogP contribution is 1.99. The van der Waals surface area contributed by atoms with Gasteiger partial charge in [-0.05, 0) is 13.8 Å². The van der Waals surface area contributed by atoms with Crippen LogP contribution in [0.4, 0.5) is 0 Å². The molecule has 0 N–H and O–H groups in total. The highest BCUT2D eigenvalue weighted by atomic mass is 15.2. The summed E-state index contributed by atoms with van der Waals surface area (Å²) in [4.78, 5) is 2.46. The van der Waals surface area contributed by atoms with E-state index in [1.165, 1.54) is 5.57 Å². The number of hydrogen-bond acceptors (Lipinski definition) is 1. The predicted molar refractivity (Wildman–Crippen MR) is 47.7 cm³/mol. The Morgan fingerprint density at radius 1 is 1.45 bits per heavy atom. The van der Waals surface area contributed by atoms with E-state index >= 15 is 0 Å². The van der Waals surface area contributed by atoms with Crippen molar-refractivity contribution in [1.29, 1.82) is 0 Å². The Labute approximate surface area is 69.3 Å². The summed E-state index contributed by atoms with van der Waals surface area (Å²) in [6.45, 7) is 9.76. The Morgan fingerprint density at radius 3 is 2.64 bits per heavy atom. The van der Waals surface area contributed by atoms with E-state index in [4.69, 9.17) is 0 Å². The minimum absolute atomic E-state index is 1.02. The van der Waals surface area contributed by atoms with Crippen LogP contribution in [0.25, 0.3) is 0 Å². The van der Waals surface area contributed by atoms with Crippen molar-refractivity contribution >= 4 is 0 Å². The summed E-state index contributed by atoms with van der Waals surface area (Å²) in [7, 11) is 0. The Kier molecular flexibility index (Phi) is 3.60. The van der Waals surface area contributed by atoms with E-state index in [2.05, 4.69) is 30.1 Å². The molecule has 0 saturated carbocycles. The lowest BCUT2D eigenvalue weighted by Gasteiger charge is -2.26. The zero-order valence-electron chi connectivity index (χ0n) is 7.51. The summed E-state index contributed by atoms with van der Waals surface area (Å²) >= 11 is 0. The van der Waals surface area contributed by atoms with Crippen molar-refractivity contribution in [2.45, 2.75) is 13.8 Å². The fourth-order valence-electron chi connectivity index (χ4n) is 1.25. The van der Waals surface area contributed by atoms with Crippen molar-refractivity contribution in [2.24, 2.45) is 0 Å². The molecule has 1 saturated heterocycles. The first-order valence-electron chi connectivity index (χ1n) is 4.30. The van der Waals surface area contributed by atoms with Crippen LogP contribution < -0.4 is 5.32 Å². The van der Waals surface area contributed by atoms with Gasteiger partial charge in [0.2, 0.25) is 0 Å². The second kappa shape index (κ2) is 4.52. The van der Waals surface area contributed by atoms with E-state index in [-0.39, 0.29) is 0 Å². The number of piperazine rings is 1. The first kappa shape index (κ1) is 8.75. The third-order valence-corrected chi connectivity index (χ3v) is 2.11. The molecule has 63 valence electrons. The average molecular weight is 153 g/mol. The largest absolute Gasteiger partial charge is 0.297 e. The highest BCUT2D eigenvalue weighted by Gasteiger charge is 2.09. The smallest absolute Gasteiger partial charge is 0.0261 e. The van der Waals surface area contributed by atoms with Gasteiger partial charge in [-0.3, -0.25) is 4.90 Å². The van der Waals surface area contributed by atoms with E-state index in [1.54, 1.807) is 0 Å². The summed E-state index contributed by atoms with van der Waals surface area (Å²) in [5.74, 6) is 0. The van der Waals surface area contributed by atoms with Gasteiger partial charge in [-0.25, -0.2) is 5.32 Å². The lowest BCUT2D eigenvalue weighted by Crippen LogP contribution is -2.40. The monoisotopic (exact) mass is 153 g/mol. The standard InChI is InChI=1S/C9H17N2/c1-3-9(2)8-11-6-4-10-5-7-11/h3H,4-8H2,1-2H3/b9-3+. The molecule has 1 aliphatic rings. The maximum atomic E-state index is 4.30. The van der Waals surface area contributed by atoms with Gasteiger partial charge < -0.3 is 0 Å². The van der Waals surface area contributed by atoms with Gasteiger partial charge in [-0.1, -0.05) is 11.6 Å². The van der Waals surface area contributed by atoms with Crippen molar-refractivity contribution < 1.29 is 0 Å². The quantitative estimate of drug-likeness (QED) is 0.538. The molecule has 0 aromatic rings. The summed E-state index contributed by atoms with van der Waals surface area (Å²) in [6.07, 6.45) is 2.19. The molecule has 0 spiro atoms. The number of nitrogens with zero attached hydrogens (tertiary/aromatic N) is 2. The second-order valence-electron chi connectivity index (χ2n) is 3.08. The first-order valence-corrected chi connectivity index (χ1v) is 4.30. The maximum Gasteiger partial charge on any atom is 0.0261 e. The third-order valence-electron chi connectivity index (χ3n) is 2.11. The summed E-state index contributed by atoms with van der Waals surface area (Å²) in [5, 5.41) is 4.30. The molecule has 0 atom stereocenters. The SMILES string of the molecule is C/C=C(\C)CN1CC[N]CC1. The molecule has 0 aliphatic carbocycles. The van der Waals surface area contributed by atoms with Crippen molar-refractivity contribution in [1.82, 2.24) is 10.2 Å². The van der Waals surface area contributed by atoms with Crippen LogP contribution in [-0.2, 0) is 0 Å². The van der Waals surface area contributed by atoms with Crippen LogP contribution in [0.15, 0.2) is 11.6 Å². The molecular weight excluding hydrogens is 136 g/mol.